The summed E-state index contributed by atoms with van der Waals surface area (Å²) in [6.07, 6.45) is 0. The molecule has 0 aliphatic carbocycles. The van der Waals surface area contributed by atoms with Crippen LogP contribution in [0.4, 0.5) is 15.8 Å². The summed E-state index contributed by atoms with van der Waals surface area (Å²) < 4.78 is 14.9. The van der Waals surface area contributed by atoms with E-state index in [2.05, 4.69) is 20.8 Å². The topological polar surface area (TPSA) is 88.9 Å². The van der Waals surface area contributed by atoms with Gasteiger partial charge in [0.2, 0.25) is 5.91 Å². The van der Waals surface area contributed by atoms with Crippen LogP contribution in [-0.4, -0.2) is 32.3 Å². The van der Waals surface area contributed by atoms with Crippen LogP contribution in [0.3, 0.4) is 0 Å². The maximum atomic E-state index is 13.1. The Morgan fingerprint density at radius 1 is 0.971 bits per heavy atom. The molecule has 0 aliphatic heterocycles. The van der Waals surface area contributed by atoms with Crippen molar-refractivity contribution in [1.29, 1.82) is 0 Å². The van der Waals surface area contributed by atoms with Crippen molar-refractivity contribution in [2.24, 2.45) is 7.05 Å². The summed E-state index contributed by atoms with van der Waals surface area (Å²) in [6.45, 7) is 0. The van der Waals surface area contributed by atoms with Gasteiger partial charge in [-0.3, -0.25) is 9.59 Å². The highest BCUT2D eigenvalue weighted by Gasteiger charge is 2.16. The van der Waals surface area contributed by atoms with Gasteiger partial charge in [-0.05, 0) is 60.7 Å². The van der Waals surface area contributed by atoms with Crippen molar-refractivity contribution in [3.8, 4) is 11.4 Å². The number of benzene rings is 3. The normalized spacial score (nSPS) is 10.7. The van der Waals surface area contributed by atoms with E-state index in [4.69, 9.17) is 11.6 Å². The average molecular weight is 496 g/mol. The second kappa shape index (κ2) is 10.5. The number of halogens is 2. The maximum Gasteiger partial charge on any atom is 0.257 e. The standard InChI is InChI=1S/C24H19ClFN5O2S/c1-31-22(15-6-8-16(25)9-7-15)29-30-24(31)34-14-21(32)28-20-5-3-2-4-19(20)23(33)27-18-12-10-17(26)11-13-18/h2-13H,14H2,1H3,(H,27,33)(H,28,32). The number of hydrogen-bond acceptors (Lipinski definition) is 5. The molecular formula is C24H19ClFN5O2S. The molecule has 1 heterocycles. The minimum absolute atomic E-state index is 0.0699. The van der Waals surface area contributed by atoms with Gasteiger partial charge in [0.1, 0.15) is 5.82 Å². The highest BCUT2D eigenvalue weighted by Crippen LogP contribution is 2.24. The molecule has 0 spiro atoms. The third kappa shape index (κ3) is 5.62. The van der Waals surface area contributed by atoms with Gasteiger partial charge in [0.15, 0.2) is 11.0 Å². The van der Waals surface area contributed by atoms with E-state index < -0.39 is 11.7 Å². The Balaban J connectivity index is 1.40. The second-order valence-corrected chi connectivity index (χ2v) is 8.59. The molecule has 0 radical (unpaired) electrons. The Labute approximate surface area is 204 Å². The molecule has 4 rings (SSSR count). The first-order valence-electron chi connectivity index (χ1n) is 10.1. The first-order chi connectivity index (χ1) is 16.4. The number of thioether (sulfide) groups is 1. The molecular weight excluding hydrogens is 477 g/mol. The monoisotopic (exact) mass is 495 g/mol. The van der Waals surface area contributed by atoms with Gasteiger partial charge in [-0.25, -0.2) is 4.39 Å². The zero-order valence-corrected chi connectivity index (χ0v) is 19.5. The van der Waals surface area contributed by atoms with Crippen molar-refractivity contribution in [3.05, 3.63) is 89.2 Å². The Hall–Kier alpha value is -3.69. The highest BCUT2D eigenvalue weighted by atomic mass is 35.5. The Bertz CT molecular complexity index is 1330. The molecule has 1 aromatic heterocycles. The van der Waals surface area contributed by atoms with Crippen molar-refractivity contribution >= 4 is 46.6 Å². The van der Waals surface area contributed by atoms with Crippen LogP contribution in [0, 0.1) is 5.82 Å². The van der Waals surface area contributed by atoms with Crippen LogP contribution >= 0.6 is 23.4 Å². The summed E-state index contributed by atoms with van der Waals surface area (Å²) >= 11 is 7.17. The number of carbonyl (C=O) groups excluding carboxylic acids is 2. The highest BCUT2D eigenvalue weighted by molar-refractivity contribution is 7.99. The summed E-state index contributed by atoms with van der Waals surface area (Å²) in [5, 5.41) is 15.0. The van der Waals surface area contributed by atoms with Gasteiger partial charge >= 0.3 is 0 Å². The molecule has 4 aromatic rings. The zero-order chi connectivity index (χ0) is 24.1. The molecule has 0 saturated carbocycles. The lowest BCUT2D eigenvalue weighted by atomic mass is 10.1. The van der Waals surface area contributed by atoms with Crippen molar-refractivity contribution in [1.82, 2.24) is 14.8 Å². The van der Waals surface area contributed by atoms with E-state index in [-0.39, 0.29) is 17.2 Å². The van der Waals surface area contributed by atoms with E-state index in [1.54, 1.807) is 41.0 Å². The second-order valence-electron chi connectivity index (χ2n) is 7.22. The van der Waals surface area contributed by atoms with E-state index in [0.29, 0.717) is 27.4 Å². The summed E-state index contributed by atoms with van der Waals surface area (Å²) in [7, 11) is 1.82. The van der Waals surface area contributed by atoms with E-state index >= 15 is 0 Å². The van der Waals surface area contributed by atoms with Crippen LogP contribution in [0.25, 0.3) is 11.4 Å². The van der Waals surface area contributed by atoms with E-state index in [1.165, 1.54) is 36.0 Å². The molecule has 0 fully saturated rings. The van der Waals surface area contributed by atoms with Crippen LogP contribution in [0.15, 0.2) is 78.0 Å². The number of amides is 2. The summed E-state index contributed by atoms with van der Waals surface area (Å²) in [5.41, 5.74) is 1.96. The molecule has 7 nitrogen and oxygen atoms in total. The van der Waals surface area contributed by atoms with Crippen LogP contribution < -0.4 is 10.6 Å². The quantitative estimate of drug-likeness (QED) is 0.341. The van der Waals surface area contributed by atoms with E-state index in [0.717, 1.165) is 5.56 Å². The van der Waals surface area contributed by atoms with E-state index in [9.17, 15) is 14.0 Å². The van der Waals surface area contributed by atoms with Crippen LogP contribution in [0.2, 0.25) is 5.02 Å². The van der Waals surface area contributed by atoms with Crippen molar-refractivity contribution < 1.29 is 14.0 Å². The predicted octanol–water partition coefficient (Wildman–Crippen LogP) is 5.26. The summed E-state index contributed by atoms with van der Waals surface area (Å²) in [5.74, 6) is -0.395. The molecule has 0 saturated heterocycles. The molecule has 0 atom stereocenters. The van der Waals surface area contributed by atoms with Crippen molar-refractivity contribution in [2.45, 2.75) is 5.16 Å². The Kier molecular flexibility index (Phi) is 7.24. The third-order valence-electron chi connectivity index (χ3n) is 4.82. The molecule has 0 unspecified atom stereocenters. The molecule has 2 amide bonds. The van der Waals surface area contributed by atoms with Gasteiger partial charge < -0.3 is 15.2 Å². The van der Waals surface area contributed by atoms with Gasteiger partial charge in [0.25, 0.3) is 5.91 Å². The van der Waals surface area contributed by atoms with Crippen LogP contribution in [0.1, 0.15) is 10.4 Å². The number of hydrogen-bond donors (Lipinski definition) is 2. The van der Waals surface area contributed by atoms with Gasteiger partial charge in [-0.15, -0.1) is 10.2 Å². The number of rotatable bonds is 7. The molecule has 0 aliphatic rings. The minimum atomic E-state index is -0.420. The Morgan fingerprint density at radius 3 is 2.41 bits per heavy atom. The van der Waals surface area contributed by atoms with Gasteiger partial charge in [-0.2, -0.15) is 0 Å². The smallest absolute Gasteiger partial charge is 0.257 e. The predicted molar refractivity (Wildman–Crippen MR) is 132 cm³/mol. The molecule has 10 heteroatoms. The number of anilines is 2. The first kappa shape index (κ1) is 23.5. The number of para-hydroxylation sites is 1. The van der Waals surface area contributed by atoms with Crippen LogP contribution in [-0.2, 0) is 11.8 Å². The third-order valence-corrected chi connectivity index (χ3v) is 6.09. The van der Waals surface area contributed by atoms with Crippen LogP contribution in [0.5, 0.6) is 0 Å². The maximum absolute atomic E-state index is 13.1. The molecule has 172 valence electrons. The fourth-order valence-corrected chi connectivity index (χ4v) is 3.97. The minimum Gasteiger partial charge on any atom is -0.325 e. The lowest BCUT2D eigenvalue weighted by Crippen LogP contribution is -2.19. The van der Waals surface area contributed by atoms with Gasteiger partial charge in [0.05, 0.1) is 17.0 Å². The zero-order valence-electron chi connectivity index (χ0n) is 18.0. The largest absolute Gasteiger partial charge is 0.325 e. The summed E-state index contributed by atoms with van der Waals surface area (Å²) in [6, 6.07) is 19.3. The van der Waals surface area contributed by atoms with Crippen molar-refractivity contribution in [2.75, 3.05) is 16.4 Å². The molecule has 2 N–H and O–H groups in total. The fraction of sp³-hybridized carbons (Fsp3) is 0.0833. The van der Waals surface area contributed by atoms with Gasteiger partial charge in [-0.1, -0.05) is 35.5 Å². The lowest BCUT2D eigenvalue weighted by Gasteiger charge is -2.11. The Morgan fingerprint density at radius 2 is 1.68 bits per heavy atom. The first-order valence-corrected chi connectivity index (χ1v) is 11.5. The summed E-state index contributed by atoms with van der Waals surface area (Å²) in [4.78, 5) is 25.3. The van der Waals surface area contributed by atoms with Gasteiger partial charge in [0, 0.05) is 23.3 Å². The lowest BCUT2D eigenvalue weighted by molar-refractivity contribution is -0.113. The number of nitrogens with one attached hydrogen (secondary N) is 2. The fourth-order valence-electron chi connectivity index (χ4n) is 3.13. The molecule has 0 bridgehead atoms. The number of aromatic nitrogens is 3. The molecule has 3 aromatic carbocycles. The number of carbonyl (C=O) groups is 2. The molecule has 34 heavy (non-hydrogen) atoms. The average Bonchev–Trinajstić information content (AvgIpc) is 3.20. The van der Waals surface area contributed by atoms with E-state index in [1.807, 2.05) is 19.2 Å². The van der Waals surface area contributed by atoms with Crippen molar-refractivity contribution in [3.63, 3.8) is 0 Å². The SMILES string of the molecule is Cn1c(SCC(=O)Nc2ccccc2C(=O)Nc2ccc(F)cc2)nnc1-c1ccc(Cl)cc1. The number of nitrogens with zero attached hydrogens (tertiary/aromatic N) is 3.